The van der Waals surface area contributed by atoms with Crippen LogP contribution in [0.15, 0.2) is 29.2 Å². The van der Waals surface area contributed by atoms with E-state index in [4.69, 9.17) is 15.6 Å². The van der Waals surface area contributed by atoms with Crippen LogP contribution in [0.1, 0.15) is 32.8 Å². The third kappa shape index (κ3) is 4.15. The quantitative estimate of drug-likeness (QED) is 0.664. The molecule has 2 unspecified atom stereocenters. The highest BCUT2D eigenvalue weighted by Crippen LogP contribution is 2.49. The van der Waals surface area contributed by atoms with Gasteiger partial charge in [0.05, 0.1) is 11.0 Å². The Bertz CT molecular complexity index is 739. The maximum absolute atomic E-state index is 12.5. The van der Waals surface area contributed by atoms with Crippen LogP contribution < -0.4 is 16.2 Å². The zero-order chi connectivity index (χ0) is 18.2. The lowest BCUT2D eigenvalue weighted by Crippen LogP contribution is -2.75. The van der Waals surface area contributed by atoms with Crippen LogP contribution in [0.25, 0.3) is 0 Å². The fourth-order valence-electron chi connectivity index (χ4n) is 2.99. The van der Waals surface area contributed by atoms with Gasteiger partial charge in [0.15, 0.2) is 0 Å². The van der Waals surface area contributed by atoms with Gasteiger partial charge in [-0.2, -0.15) is 0 Å². The highest BCUT2D eigenvalue weighted by Gasteiger charge is 2.62. The Labute approximate surface area is 154 Å². The highest BCUT2D eigenvalue weighted by atomic mass is 35.5. The van der Waals surface area contributed by atoms with E-state index in [0.717, 1.165) is 0 Å². The maximum atomic E-state index is 12.5. The number of primary sulfonamides is 1. The molecule has 0 aliphatic heterocycles. The maximum Gasteiger partial charge on any atom is 0.241 e. The molecule has 1 fully saturated rings. The Balaban J connectivity index is 0.00000312. The van der Waals surface area contributed by atoms with Crippen molar-refractivity contribution in [1.29, 1.82) is 0 Å². The van der Waals surface area contributed by atoms with Gasteiger partial charge in [0, 0.05) is 25.0 Å². The fourth-order valence-corrected chi connectivity index (χ4v) is 3.58. The molecule has 142 valence electrons. The largest absolute Gasteiger partial charge is 0.378 e. The Morgan fingerprint density at radius 3 is 2.56 bits per heavy atom. The van der Waals surface area contributed by atoms with Crippen LogP contribution in [0.3, 0.4) is 0 Å². The predicted molar refractivity (Wildman–Crippen MR) is 97.6 cm³/mol. The number of sulfonamides is 1. The van der Waals surface area contributed by atoms with Gasteiger partial charge in [0.25, 0.3) is 0 Å². The first-order chi connectivity index (χ1) is 11.0. The normalized spacial score (nSPS) is 24.8. The topological polar surface area (TPSA) is 125 Å². The van der Waals surface area contributed by atoms with Crippen molar-refractivity contribution >= 4 is 28.3 Å². The summed E-state index contributed by atoms with van der Waals surface area (Å²) in [6, 6.07) is 6.14. The number of benzene rings is 1. The van der Waals surface area contributed by atoms with E-state index in [2.05, 4.69) is 5.32 Å². The molecule has 2 atom stereocenters. The minimum atomic E-state index is -3.77. The van der Waals surface area contributed by atoms with Crippen molar-refractivity contribution in [3.05, 3.63) is 29.8 Å². The van der Waals surface area contributed by atoms with Crippen molar-refractivity contribution in [2.75, 3.05) is 6.61 Å². The van der Waals surface area contributed by atoms with Crippen LogP contribution in [-0.4, -0.2) is 32.6 Å². The third-order valence-corrected chi connectivity index (χ3v) is 5.83. The molecule has 1 saturated carbocycles. The van der Waals surface area contributed by atoms with Gasteiger partial charge in [-0.05, 0) is 24.6 Å². The molecule has 0 bridgehead atoms. The minimum Gasteiger partial charge on any atom is -0.378 e. The number of hydrogen-bond acceptors (Lipinski definition) is 5. The average Bonchev–Trinajstić information content (AvgIpc) is 2.51. The average molecular weight is 392 g/mol. The van der Waals surface area contributed by atoms with Gasteiger partial charge in [-0.1, -0.05) is 26.0 Å². The van der Waals surface area contributed by atoms with Gasteiger partial charge in [0.1, 0.15) is 5.54 Å². The lowest BCUT2D eigenvalue weighted by Gasteiger charge is -2.57. The number of ether oxygens (including phenoxy) is 1. The lowest BCUT2D eigenvalue weighted by atomic mass is 9.54. The van der Waals surface area contributed by atoms with E-state index in [0.29, 0.717) is 18.6 Å². The highest BCUT2D eigenvalue weighted by molar-refractivity contribution is 7.89. The molecule has 0 spiro atoms. The summed E-state index contributed by atoms with van der Waals surface area (Å²) >= 11 is 0. The van der Waals surface area contributed by atoms with E-state index in [1.807, 2.05) is 20.8 Å². The number of amides is 1. The van der Waals surface area contributed by atoms with E-state index in [9.17, 15) is 13.2 Å². The Hall–Kier alpha value is -1.19. The van der Waals surface area contributed by atoms with Crippen LogP contribution in [0.2, 0.25) is 0 Å². The molecule has 1 aromatic carbocycles. The van der Waals surface area contributed by atoms with Crippen LogP contribution in [0, 0.1) is 5.41 Å². The van der Waals surface area contributed by atoms with Gasteiger partial charge in [-0.25, -0.2) is 13.6 Å². The van der Waals surface area contributed by atoms with E-state index >= 15 is 0 Å². The van der Waals surface area contributed by atoms with Crippen molar-refractivity contribution < 1.29 is 17.9 Å². The van der Waals surface area contributed by atoms with Crippen molar-refractivity contribution in [2.45, 2.75) is 50.3 Å². The summed E-state index contributed by atoms with van der Waals surface area (Å²) in [5.74, 6) is -0.274. The lowest BCUT2D eigenvalue weighted by molar-refractivity contribution is -0.170. The summed E-state index contributed by atoms with van der Waals surface area (Å²) in [5.41, 5.74) is 5.45. The van der Waals surface area contributed by atoms with Crippen LogP contribution >= 0.6 is 12.4 Å². The number of carbonyl (C=O) groups excluding carboxylic acids is 1. The zero-order valence-corrected chi connectivity index (χ0v) is 16.2. The van der Waals surface area contributed by atoms with Gasteiger partial charge in [-0.3, -0.25) is 4.79 Å². The van der Waals surface area contributed by atoms with Gasteiger partial charge < -0.3 is 15.8 Å². The summed E-state index contributed by atoms with van der Waals surface area (Å²) in [6.07, 6.45) is 0.403. The summed E-state index contributed by atoms with van der Waals surface area (Å²) < 4.78 is 28.4. The summed E-state index contributed by atoms with van der Waals surface area (Å²) in [7, 11) is -3.77. The minimum absolute atomic E-state index is 0. The van der Waals surface area contributed by atoms with Crippen molar-refractivity contribution in [3.8, 4) is 0 Å². The Kier molecular flexibility index (Phi) is 6.63. The zero-order valence-electron chi connectivity index (χ0n) is 14.6. The number of rotatable bonds is 6. The molecular formula is C16H26ClN3O4S. The molecule has 25 heavy (non-hydrogen) atoms. The van der Waals surface area contributed by atoms with Gasteiger partial charge >= 0.3 is 0 Å². The molecule has 9 heteroatoms. The number of halogens is 1. The van der Waals surface area contributed by atoms with Crippen molar-refractivity contribution in [2.24, 2.45) is 16.3 Å². The third-order valence-electron chi connectivity index (χ3n) is 4.92. The molecular weight excluding hydrogens is 366 g/mol. The smallest absolute Gasteiger partial charge is 0.241 e. The molecule has 5 N–H and O–H groups in total. The summed E-state index contributed by atoms with van der Waals surface area (Å²) in [6.45, 7) is 6.49. The molecule has 1 amide bonds. The second-order valence-electron chi connectivity index (χ2n) is 6.72. The molecule has 1 aromatic rings. The molecule has 0 aromatic heterocycles. The first-order valence-electron chi connectivity index (χ1n) is 7.83. The molecule has 1 aliphatic carbocycles. The SMILES string of the molecule is CCOC1CC(N)(C(=O)NCc2cccc(S(N)(=O)=O)c2)C1(C)C.Cl. The predicted octanol–water partition coefficient (Wildman–Crippen LogP) is 0.905. The van der Waals surface area contributed by atoms with Crippen LogP contribution in [-0.2, 0) is 26.1 Å². The van der Waals surface area contributed by atoms with Crippen molar-refractivity contribution in [1.82, 2.24) is 5.32 Å². The number of carbonyl (C=O) groups is 1. The van der Waals surface area contributed by atoms with Gasteiger partial charge in [0.2, 0.25) is 15.9 Å². The van der Waals surface area contributed by atoms with E-state index in [1.165, 1.54) is 12.1 Å². The molecule has 7 nitrogen and oxygen atoms in total. The Morgan fingerprint density at radius 2 is 2.04 bits per heavy atom. The second-order valence-corrected chi connectivity index (χ2v) is 8.28. The number of nitrogens with one attached hydrogen (secondary N) is 1. The van der Waals surface area contributed by atoms with E-state index in [1.54, 1.807) is 12.1 Å². The van der Waals surface area contributed by atoms with Crippen LogP contribution in [0.4, 0.5) is 0 Å². The molecule has 0 radical (unpaired) electrons. The molecule has 2 rings (SSSR count). The monoisotopic (exact) mass is 391 g/mol. The summed E-state index contributed by atoms with van der Waals surface area (Å²) in [4.78, 5) is 12.5. The second kappa shape index (κ2) is 7.59. The Morgan fingerprint density at radius 1 is 1.40 bits per heavy atom. The first kappa shape index (κ1) is 21.9. The van der Waals surface area contributed by atoms with E-state index in [-0.39, 0.29) is 35.9 Å². The number of nitrogens with two attached hydrogens (primary N) is 2. The molecule has 1 aliphatic rings. The molecule has 0 heterocycles. The standard InChI is InChI=1S/C16H25N3O4S.ClH/c1-4-23-13-9-16(17,15(13,2)3)14(20)19-10-11-6-5-7-12(8-11)24(18,21)22;/h5-8,13H,4,9-10,17H2,1-3H3,(H,19,20)(H2,18,21,22);1H. The first-order valence-corrected chi connectivity index (χ1v) is 9.37. The number of hydrogen-bond donors (Lipinski definition) is 3. The van der Waals surface area contributed by atoms with Crippen molar-refractivity contribution in [3.63, 3.8) is 0 Å². The van der Waals surface area contributed by atoms with Gasteiger partial charge in [-0.15, -0.1) is 12.4 Å². The molecule has 0 saturated heterocycles. The fraction of sp³-hybridized carbons (Fsp3) is 0.562. The van der Waals surface area contributed by atoms with Crippen LogP contribution in [0.5, 0.6) is 0 Å². The van der Waals surface area contributed by atoms with E-state index < -0.39 is 21.0 Å². The summed E-state index contributed by atoms with van der Waals surface area (Å²) in [5, 5.41) is 7.90.